The van der Waals surface area contributed by atoms with E-state index in [1.54, 1.807) is 20.8 Å². The molecule has 1 amide bonds. The van der Waals surface area contributed by atoms with E-state index in [1.165, 1.54) is 18.3 Å². The molecule has 0 spiro atoms. The molecule has 1 N–H and O–H groups in total. The second-order valence-corrected chi connectivity index (χ2v) is 5.27. The van der Waals surface area contributed by atoms with E-state index >= 15 is 0 Å². The Morgan fingerprint density at radius 1 is 1.56 bits per heavy atom. The van der Waals surface area contributed by atoms with Gasteiger partial charge in [0.15, 0.2) is 5.82 Å². The molecule has 0 radical (unpaired) electrons. The smallest absolute Gasteiger partial charge is 0.413 e. The van der Waals surface area contributed by atoms with E-state index in [0.717, 1.165) is 0 Å². The third-order valence-corrected chi connectivity index (χ3v) is 2.05. The predicted molar refractivity (Wildman–Crippen MR) is 69.6 cm³/mol. The summed E-state index contributed by atoms with van der Waals surface area (Å²) in [6, 6.07) is 1.53. The summed E-state index contributed by atoms with van der Waals surface area (Å²) in [6.07, 6.45) is 2.20. The van der Waals surface area contributed by atoms with Crippen LogP contribution in [0.15, 0.2) is 21.7 Å². The molecule has 0 bridgehead atoms. The van der Waals surface area contributed by atoms with Crippen molar-refractivity contribution in [1.82, 2.24) is 4.98 Å². The van der Waals surface area contributed by atoms with Crippen LogP contribution < -0.4 is 5.32 Å². The first-order chi connectivity index (χ1) is 8.31. The fraction of sp³-hybridized carbons (Fsp3) is 0.364. The number of rotatable bonds is 2. The predicted octanol–water partition coefficient (Wildman–Crippen LogP) is 3.16. The number of carbonyl (C=O) groups is 1. The van der Waals surface area contributed by atoms with Crippen molar-refractivity contribution < 1.29 is 14.3 Å². The van der Waals surface area contributed by atoms with Gasteiger partial charge in [0.05, 0.1) is 0 Å². The third-order valence-electron chi connectivity index (χ3n) is 1.62. The molecular weight excluding hydrogens is 302 g/mol. The van der Waals surface area contributed by atoms with E-state index in [-0.39, 0.29) is 11.5 Å². The summed E-state index contributed by atoms with van der Waals surface area (Å²) in [4.78, 5) is 29.2. The highest BCUT2D eigenvalue weighted by Gasteiger charge is 2.17. The van der Waals surface area contributed by atoms with E-state index in [4.69, 9.17) is 4.74 Å². The van der Waals surface area contributed by atoms with Crippen LogP contribution in [0.2, 0.25) is 0 Å². The van der Waals surface area contributed by atoms with Gasteiger partial charge in [0, 0.05) is 10.7 Å². The van der Waals surface area contributed by atoms with Gasteiger partial charge in [-0.25, -0.2) is 14.6 Å². The number of carbonyl (C=O) groups excluding carboxylic acids is 2. The van der Waals surface area contributed by atoms with Gasteiger partial charge >= 0.3 is 6.09 Å². The number of pyridine rings is 1. The number of isocyanates is 1. The van der Waals surface area contributed by atoms with Crippen molar-refractivity contribution in [2.45, 2.75) is 26.4 Å². The molecule has 1 aromatic rings. The Kier molecular flexibility index (Phi) is 4.58. The van der Waals surface area contributed by atoms with Crippen LogP contribution in [0, 0.1) is 0 Å². The third kappa shape index (κ3) is 4.65. The maximum atomic E-state index is 11.5. The largest absolute Gasteiger partial charge is 0.444 e. The molecular formula is C11H12BrN3O3. The van der Waals surface area contributed by atoms with Gasteiger partial charge in [-0.05, 0) is 42.8 Å². The molecule has 0 aliphatic carbocycles. The summed E-state index contributed by atoms with van der Waals surface area (Å²) in [5.41, 5.74) is -0.418. The quantitative estimate of drug-likeness (QED) is 0.671. The number of hydrogen-bond acceptors (Lipinski definition) is 5. The maximum absolute atomic E-state index is 11.5. The van der Waals surface area contributed by atoms with Crippen LogP contribution >= 0.6 is 15.9 Å². The fourth-order valence-electron chi connectivity index (χ4n) is 1.06. The first-order valence-corrected chi connectivity index (χ1v) is 5.84. The highest BCUT2D eigenvalue weighted by atomic mass is 79.9. The zero-order chi connectivity index (χ0) is 13.8. The lowest BCUT2D eigenvalue weighted by molar-refractivity contribution is 0.0635. The summed E-state index contributed by atoms with van der Waals surface area (Å²) in [7, 11) is 0. The van der Waals surface area contributed by atoms with Gasteiger partial charge in [0.2, 0.25) is 6.08 Å². The van der Waals surface area contributed by atoms with Crippen molar-refractivity contribution in [3.63, 3.8) is 0 Å². The molecule has 1 heterocycles. The van der Waals surface area contributed by atoms with Crippen LogP contribution in [-0.2, 0) is 9.53 Å². The molecule has 0 aliphatic rings. The highest BCUT2D eigenvalue weighted by molar-refractivity contribution is 9.10. The first kappa shape index (κ1) is 14.3. The lowest BCUT2D eigenvalue weighted by Crippen LogP contribution is -2.27. The molecule has 0 aromatic carbocycles. The van der Waals surface area contributed by atoms with Crippen molar-refractivity contribution >= 4 is 39.6 Å². The first-order valence-electron chi connectivity index (χ1n) is 5.05. The van der Waals surface area contributed by atoms with Gasteiger partial charge in [-0.2, -0.15) is 4.99 Å². The average Bonchev–Trinajstić information content (AvgIpc) is 2.20. The molecule has 0 saturated heterocycles. The van der Waals surface area contributed by atoms with Crippen LogP contribution in [0.3, 0.4) is 0 Å². The topological polar surface area (TPSA) is 80.7 Å². The summed E-state index contributed by atoms with van der Waals surface area (Å²) in [5.74, 6) is 0.135. The van der Waals surface area contributed by atoms with Crippen LogP contribution in [-0.4, -0.2) is 22.8 Å². The number of ether oxygens (including phenoxy) is 1. The van der Waals surface area contributed by atoms with E-state index in [9.17, 15) is 9.59 Å². The van der Waals surface area contributed by atoms with E-state index < -0.39 is 11.7 Å². The van der Waals surface area contributed by atoms with Crippen LogP contribution in [0.5, 0.6) is 0 Å². The number of anilines is 1. The van der Waals surface area contributed by atoms with Gasteiger partial charge < -0.3 is 4.74 Å². The van der Waals surface area contributed by atoms with Gasteiger partial charge in [0.25, 0.3) is 0 Å². The monoisotopic (exact) mass is 313 g/mol. The number of amides is 1. The van der Waals surface area contributed by atoms with Crippen molar-refractivity contribution in [3.8, 4) is 0 Å². The Balaban J connectivity index is 2.90. The molecule has 0 atom stereocenters. The molecule has 1 aromatic heterocycles. The Hall–Kier alpha value is -1.72. The fourth-order valence-corrected chi connectivity index (χ4v) is 1.38. The highest BCUT2D eigenvalue weighted by Crippen LogP contribution is 2.26. The van der Waals surface area contributed by atoms with Crippen LogP contribution in [0.4, 0.5) is 16.3 Å². The minimum absolute atomic E-state index is 0.135. The number of nitrogens with zero attached hydrogens (tertiary/aromatic N) is 2. The van der Waals surface area contributed by atoms with Gasteiger partial charge in [-0.3, -0.25) is 5.32 Å². The van der Waals surface area contributed by atoms with Crippen molar-refractivity contribution in [2.24, 2.45) is 4.99 Å². The SMILES string of the molecule is CC(C)(C)OC(=O)Nc1ncc(Br)cc1N=C=O. The lowest BCUT2D eigenvalue weighted by atomic mass is 10.2. The Morgan fingerprint density at radius 2 is 2.22 bits per heavy atom. The minimum Gasteiger partial charge on any atom is -0.444 e. The van der Waals surface area contributed by atoms with Crippen LogP contribution in [0.25, 0.3) is 0 Å². The summed E-state index contributed by atoms with van der Waals surface area (Å²) < 4.78 is 5.69. The molecule has 18 heavy (non-hydrogen) atoms. The Labute approximate surface area is 113 Å². The summed E-state index contributed by atoms with van der Waals surface area (Å²) in [5, 5.41) is 2.41. The van der Waals surface area contributed by atoms with E-state index in [2.05, 4.69) is 31.2 Å². The molecule has 7 heteroatoms. The standard InChI is InChI=1S/C11H12BrN3O3/c1-11(2,3)18-10(17)15-9-8(14-6-16)4-7(12)5-13-9/h4-5H,1-3H3,(H,13,15,17). The van der Waals surface area contributed by atoms with E-state index in [1.807, 2.05) is 0 Å². The number of halogens is 1. The second-order valence-electron chi connectivity index (χ2n) is 4.35. The molecule has 6 nitrogen and oxygen atoms in total. The normalized spacial score (nSPS) is 10.4. The molecule has 0 fully saturated rings. The number of hydrogen-bond donors (Lipinski definition) is 1. The maximum Gasteiger partial charge on any atom is 0.413 e. The Morgan fingerprint density at radius 3 is 2.78 bits per heavy atom. The molecule has 0 aliphatic heterocycles. The summed E-state index contributed by atoms with van der Waals surface area (Å²) in [6.45, 7) is 5.23. The lowest BCUT2D eigenvalue weighted by Gasteiger charge is -2.19. The van der Waals surface area contributed by atoms with Gasteiger partial charge in [0.1, 0.15) is 11.3 Å². The molecule has 1 rings (SSSR count). The number of nitrogens with one attached hydrogen (secondary N) is 1. The van der Waals surface area contributed by atoms with Crippen molar-refractivity contribution in [3.05, 3.63) is 16.7 Å². The zero-order valence-electron chi connectivity index (χ0n) is 10.2. The molecule has 0 unspecified atom stereocenters. The average molecular weight is 314 g/mol. The van der Waals surface area contributed by atoms with Crippen molar-refractivity contribution in [2.75, 3.05) is 5.32 Å². The Bertz CT molecular complexity index is 505. The number of aromatic nitrogens is 1. The number of aliphatic imine (C=N–C) groups is 1. The van der Waals surface area contributed by atoms with Crippen LogP contribution in [0.1, 0.15) is 20.8 Å². The summed E-state index contributed by atoms with van der Waals surface area (Å²) >= 11 is 3.19. The van der Waals surface area contributed by atoms with Gasteiger partial charge in [-0.15, -0.1) is 0 Å². The minimum atomic E-state index is -0.667. The van der Waals surface area contributed by atoms with Gasteiger partial charge in [-0.1, -0.05) is 0 Å². The van der Waals surface area contributed by atoms with E-state index in [0.29, 0.717) is 4.47 Å². The second kappa shape index (κ2) is 5.75. The molecule has 0 saturated carbocycles. The zero-order valence-corrected chi connectivity index (χ0v) is 11.7. The van der Waals surface area contributed by atoms with Crippen molar-refractivity contribution in [1.29, 1.82) is 0 Å². The molecule has 96 valence electrons.